The predicted octanol–water partition coefficient (Wildman–Crippen LogP) is 5.41. The molecule has 3 rings (SSSR count). The van der Waals surface area contributed by atoms with E-state index in [4.69, 9.17) is 5.26 Å². The quantitative estimate of drug-likeness (QED) is 0.477. The molecule has 0 aromatic heterocycles. The van der Waals surface area contributed by atoms with E-state index in [2.05, 4.69) is 16.0 Å². The van der Waals surface area contributed by atoms with E-state index in [0.717, 1.165) is 12.1 Å². The molecular formula is C23H23F5N4O. The van der Waals surface area contributed by atoms with Crippen LogP contribution in [0.3, 0.4) is 0 Å². The van der Waals surface area contributed by atoms with E-state index in [0.29, 0.717) is 42.6 Å². The number of hydrogen-bond acceptors (Lipinski definition) is 4. The summed E-state index contributed by atoms with van der Waals surface area (Å²) in [4.78, 5) is 12.5. The lowest BCUT2D eigenvalue weighted by atomic mass is 9.90. The molecule has 3 N–H and O–H groups in total. The highest BCUT2D eigenvalue weighted by molar-refractivity contribution is 5.94. The van der Waals surface area contributed by atoms with Crippen LogP contribution in [0.15, 0.2) is 42.5 Å². The van der Waals surface area contributed by atoms with Crippen LogP contribution in [-0.2, 0) is 6.18 Å². The van der Waals surface area contributed by atoms with Gasteiger partial charge in [0.15, 0.2) is 0 Å². The molecule has 10 heteroatoms. The summed E-state index contributed by atoms with van der Waals surface area (Å²) >= 11 is 0. The Bertz CT molecular complexity index is 993. The average molecular weight is 466 g/mol. The molecule has 1 saturated carbocycles. The van der Waals surface area contributed by atoms with Gasteiger partial charge in [0.05, 0.1) is 23.7 Å². The summed E-state index contributed by atoms with van der Waals surface area (Å²) in [5.74, 6) is -0.270. The standard InChI is InChI=1S/C23H23F5N4O/c24-21(25)13-30-16-4-1-14(2-5-16)22(33)32-18-9-7-17(8-10-18)31-19-6-3-15(12-29)20(11-19)23(26,27)28/h1-6,11,17-18,21,30-31H,7-10,13H2,(H,32,33). The number of halogens is 5. The first-order valence-electron chi connectivity index (χ1n) is 10.5. The third kappa shape index (κ3) is 6.81. The van der Waals surface area contributed by atoms with Crippen LogP contribution in [0.4, 0.5) is 33.3 Å². The van der Waals surface area contributed by atoms with E-state index in [1.165, 1.54) is 6.07 Å². The van der Waals surface area contributed by atoms with Crippen LogP contribution in [0.25, 0.3) is 0 Å². The zero-order chi connectivity index (χ0) is 24.0. The SMILES string of the molecule is N#Cc1ccc(NC2CCC(NC(=O)c3ccc(NCC(F)F)cc3)CC2)cc1C(F)(F)F. The van der Waals surface area contributed by atoms with Crippen LogP contribution < -0.4 is 16.0 Å². The first-order valence-corrected chi connectivity index (χ1v) is 10.5. The second-order valence-corrected chi connectivity index (χ2v) is 7.89. The fraction of sp³-hybridized carbons (Fsp3) is 0.391. The van der Waals surface area contributed by atoms with Crippen molar-refractivity contribution in [2.24, 2.45) is 0 Å². The third-order valence-electron chi connectivity index (χ3n) is 5.49. The van der Waals surface area contributed by atoms with Crippen LogP contribution in [0.5, 0.6) is 0 Å². The van der Waals surface area contributed by atoms with Gasteiger partial charge in [-0.3, -0.25) is 4.79 Å². The topological polar surface area (TPSA) is 77.0 Å². The number of anilines is 2. The number of hydrogen-bond donors (Lipinski definition) is 3. The predicted molar refractivity (Wildman–Crippen MR) is 114 cm³/mol. The Kier molecular flexibility index (Phi) is 7.74. The molecule has 33 heavy (non-hydrogen) atoms. The Balaban J connectivity index is 1.50. The van der Waals surface area contributed by atoms with Crippen molar-refractivity contribution in [1.29, 1.82) is 5.26 Å². The normalized spacial score (nSPS) is 18.5. The Morgan fingerprint density at radius 2 is 1.61 bits per heavy atom. The molecule has 0 unspecified atom stereocenters. The number of carbonyl (C=O) groups excluding carboxylic acids is 1. The van der Waals surface area contributed by atoms with Gasteiger partial charge < -0.3 is 16.0 Å². The average Bonchev–Trinajstić information content (AvgIpc) is 2.78. The maximum atomic E-state index is 13.1. The molecule has 1 aliphatic rings. The van der Waals surface area contributed by atoms with Gasteiger partial charge in [-0.15, -0.1) is 0 Å². The lowest BCUT2D eigenvalue weighted by Crippen LogP contribution is -2.40. The molecule has 0 atom stereocenters. The highest BCUT2D eigenvalue weighted by atomic mass is 19.4. The largest absolute Gasteiger partial charge is 0.417 e. The number of nitrogens with zero attached hydrogens (tertiary/aromatic N) is 1. The molecule has 1 amide bonds. The first-order chi connectivity index (χ1) is 15.7. The molecule has 2 aromatic carbocycles. The van der Waals surface area contributed by atoms with Crippen molar-refractivity contribution < 1.29 is 26.7 Å². The van der Waals surface area contributed by atoms with Crippen molar-refractivity contribution in [1.82, 2.24) is 5.32 Å². The van der Waals surface area contributed by atoms with Crippen LogP contribution in [0.1, 0.15) is 47.2 Å². The van der Waals surface area contributed by atoms with Crippen LogP contribution in [-0.4, -0.2) is 31.0 Å². The summed E-state index contributed by atoms with van der Waals surface area (Å²) in [6, 6.07) is 11.2. The fourth-order valence-electron chi connectivity index (χ4n) is 3.79. The summed E-state index contributed by atoms with van der Waals surface area (Å²) < 4.78 is 63.9. The number of alkyl halides is 5. The second kappa shape index (κ2) is 10.5. The molecule has 0 aliphatic heterocycles. The summed E-state index contributed by atoms with van der Waals surface area (Å²) in [6.45, 7) is -0.469. The van der Waals surface area contributed by atoms with E-state index < -0.39 is 30.3 Å². The maximum Gasteiger partial charge on any atom is 0.417 e. The minimum absolute atomic E-state index is 0.0487. The van der Waals surface area contributed by atoms with Gasteiger partial charge in [0.2, 0.25) is 0 Å². The molecule has 176 valence electrons. The number of amides is 1. The molecular weight excluding hydrogens is 443 g/mol. The van der Waals surface area contributed by atoms with Gasteiger partial charge in [-0.1, -0.05) is 0 Å². The van der Waals surface area contributed by atoms with E-state index in [1.54, 1.807) is 30.3 Å². The highest BCUT2D eigenvalue weighted by Crippen LogP contribution is 2.34. The van der Waals surface area contributed by atoms with Crippen LogP contribution >= 0.6 is 0 Å². The van der Waals surface area contributed by atoms with Crippen molar-refractivity contribution in [3.05, 3.63) is 59.2 Å². The summed E-state index contributed by atoms with van der Waals surface area (Å²) in [5.41, 5.74) is -0.178. The van der Waals surface area contributed by atoms with Crippen molar-refractivity contribution >= 4 is 17.3 Å². The molecule has 0 radical (unpaired) electrons. The Labute approximate surface area is 188 Å². The van der Waals surface area contributed by atoms with E-state index in [-0.39, 0.29) is 18.0 Å². The van der Waals surface area contributed by atoms with Crippen molar-refractivity contribution in [3.8, 4) is 6.07 Å². The van der Waals surface area contributed by atoms with Gasteiger partial charge >= 0.3 is 6.18 Å². The highest BCUT2D eigenvalue weighted by Gasteiger charge is 2.34. The van der Waals surface area contributed by atoms with Crippen molar-refractivity contribution in [2.75, 3.05) is 17.2 Å². The van der Waals surface area contributed by atoms with Crippen LogP contribution in [0, 0.1) is 11.3 Å². The molecule has 0 heterocycles. The number of rotatable bonds is 7. The minimum Gasteiger partial charge on any atom is -0.382 e. The first kappa shape index (κ1) is 24.3. The van der Waals surface area contributed by atoms with Gasteiger partial charge in [0, 0.05) is 29.0 Å². The monoisotopic (exact) mass is 466 g/mol. The summed E-state index contributed by atoms with van der Waals surface area (Å²) in [6.07, 6.45) is -4.46. The summed E-state index contributed by atoms with van der Waals surface area (Å²) in [5, 5.41) is 17.5. The number of carbonyl (C=O) groups is 1. The number of benzene rings is 2. The smallest absolute Gasteiger partial charge is 0.382 e. The molecule has 1 fully saturated rings. The molecule has 0 saturated heterocycles. The Morgan fingerprint density at radius 3 is 2.18 bits per heavy atom. The summed E-state index contributed by atoms with van der Waals surface area (Å²) in [7, 11) is 0. The van der Waals surface area contributed by atoms with E-state index in [1.807, 2.05) is 0 Å². The van der Waals surface area contributed by atoms with E-state index in [9.17, 15) is 26.7 Å². The zero-order valence-electron chi connectivity index (χ0n) is 17.6. The molecule has 0 spiro atoms. The molecule has 2 aromatic rings. The van der Waals surface area contributed by atoms with Gasteiger partial charge in [-0.05, 0) is 68.1 Å². The number of nitriles is 1. The minimum atomic E-state index is -4.61. The Morgan fingerprint density at radius 1 is 1.00 bits per heavy atom. The maximum absolute atomic E-state index is 13.1. The molecule has 0 bridgehead atoms. The number of nitrogens with one attached hydrogen (secondary N) is 3. The van der Waals surface area contributed by atoms with Gasteiger partial charge in [-0.2, -0.15) is 18.4 Å². The van der Waals surface area contributed by atoms with E-state index >= 15 is 0 Å². The van der Waals surface area contributed by atoms with Crippen LogP contribution in [0.2, 0.25) is 0 Å². The van der Waals surface area contributed by atoms with Gasteiger partial charge in [0.25, 0.3) is 12.3 Å². The lowest BCUT2D eigenvalue weighted by Gasteiger charge is -2.30. The van der Waals surface area contributed by atoms with Crippen molar-refractivity contribution in [3.63, 3.8) is 0 Å². The fourth-order valence-corrected chi connectivity index (χ4v) is 3.79. The molecule has 5 nitrogen and oxygen atoms in total. The molecule has 1 aliphatic carbocycles. The third-order valence-corrected chi connectivity index (χ3v) is 5.49. The lowest BCUT2D eigenvalue weighted by molar-refractivity contribution is -0.137. The zero-order valence-corrected chi connectivity index (χ0v) is 17.6. The Hall–Kier alpha value is -3.35. The van der Waals surface area contributed by atoms with Crippen molar-refractivity contribution in [2.45, 2.75) is 50.4 Å². The van der Waals surface area contributed by atoms with Gasteiger partial charge in [-0.25, -0.2) is 8.78 Å². The second-order valence-electron chi connectivity index (χ2n) is 7.89. The van der Waals surface area contributed by atoms with Gasteiger partial charge in [0.1, 0.15) is 0 Å².